The minimum atomic E-state index is -0.503. The van der Waals surface area contributed by atoms with Crippen molar-refractivity contribution in [1.82, 2.24) is 15.1 Å². The van der Waals surface area contributed by atoms with Crippen molar-refractivity contribution >= 4 is 11.6 Å². The van der Waals surface area contributed by atoms with Gasteiger partial charge in [0.05, 0.1) is 29.7 Å². The highest BCUT2D eigenvalue weighted by Gasteiger charge is 2.20. The van der Waals surface area contributed by atoms with Crippen LogP contribution in [0.4, 0.5) is 5.69 Å². The molecule has 9 heteroatoms. The number of furan rings is 2. The maximum atomic E-state index is 12.8. The second kappa shape index (κ2) is 7.23. The van der Waals surface area contributed by atoms with Gasteiger partial charge in [0.1, 0.15) is 17.1 Å². The van der Waals surface area contributed by atoms with Crippen LogP contribution in [0.25, 0.3) is 17.1 Å². The minimum Gasteiger partial charge on any atom is -0.467 e. The van der Waals surface area contributed by atoms with Gasteiger partial charge in [0, 0.05) is 18.2 Å². The van der Waals surface area contributed by atoms with Crippen LogP contribution in [-0.2, 0) is 6.54 Å². The van der Waals surface area contributed by atoms with E-state index in [1.54, 1.807) is 36.4 Å². The van der Waals surface area contributed by atoms with Gasteiger partial charge < -0.3 is 14.2 Å². The largest absolute Gasteiger partial charge is 0.467 e. The molecule has 28 heavy (non-hydrogen) atoms. The standard InChI is InChI=1S/C19H14N4O5/c24-19(20-12-15-6-2-8-27-15)17-11-16(18-7-3-9-28-18)21-22(17)13-4-1-5-14(10-13)23(25)26/h1-11H,12H2,(H,20,24). The third kappa shape index (κ3) is 3.40. The van der Waals surface area contributed by atoms with Crippen LogP contribution in [0.1, 0.15) is 16.2 Å². The number of rotatable bonds is 6. The van der Waals surface area contributed by atoms with E-state index in [-0.39, 0.29) is 17.9 Å². The van der Waals surface area contributed by atoms with Gasteiger partial charge in [-0.15, -0.1) is 0 Å². The molecule has 4 aromatic rings. The Bertz CT molecular complexity index is 1110. The maximum absolute atomic E-state index is 12.8. The van der Waals surface area contributed by atoms with Gasteiger partial charge in [-0.1, -0.05) is 6.07 Å². The van der Waals surface area contributed by atoms with Crippen LogP contribution in [0, 0.1) is 10.1 Å². The predicted octanol–water partition coefficient (Wildman–Crippen LogP) is 3.56. The van der Waals surface area contributed by atoms with Gasteiger partial charge in [0.25, 0.3) is 11.6 Å². The predicted molar refractivity (Wildman–Crippen MR) is 97.8 cm³/mol. The van der Waals surface area contributed by atoms with Gasteiger partial charge in [0.15, 0.2) is 5.76 Å². The molecule has 0 saturated carbocycles. The van der Waals surface area contributed by atoms with E-state index in [1.165, 1.54) is 35.4 Å². The zero-order valence-electron chi connectivity index (χ0n) is 14.4. The van der Waals surface area contributed by atoms with E-state index in [9.17, 15) is 14.9 Å². The third-order valence-electron chi connectivity index (χ3n) is 4.00. The van der Waals surface area contributed by atoms with Crippen molar-refractivity contribution in [2.24, 2.45) is 0 Å². The molecular weight excluding hydrogens is 364 g/mol. The van der Waals surface area contributed by atoms with Crippen LogP contribution in [0.15, 0.2) is 76.0 Å². The highest BCUT2D eigenvalue weighted by Crippen LogP contribution is 2.24. The molecule has 1 aromatic carbocycles. The van der Waals surface area contributed by atoms with Crippen LogP contribution >= 0.6 is 0 Å². The average molecular weight is 378 g/mol. The number of aromatic nitrogens is 2. The lowest BCUT2D eigenvalue weighted by atomic mass is 10.2. The van der Waals surface area contributed by atoms with Crippen LogP contribution in [0.2, 0.25) is 0 Å². The number of nitro groups is 1. The second-order valence-electron chi connectivity index (χ2n) is 5.84. The van der Waals surface area contributed by atoms with E-state index in [0.29, 0.717) is 22.9 Å². The minimum absolute atomic E-state index is 0.102. The summed E-state index contributed by atoms with van der Waals surface area (Å²) in [6.07, 6.45) is 3.02. The SMILES string of the molecule is O=C(NCc1ccco1)c1cc(-c2ccco2)nn1-c1cccc([N+](=O)[O-])c1. The molecule has 0 aliphatic heterocycles. The fourth-order valence-electron chi connectivity index (χ4n) is 2.69. The van der Waals surface area contributed by atoms with Gasteiger partial charge in [-0.2, -0.15) is 5.10 Å². The van der Waals surface area contributed by atoms with E-state index in [1.807, 2.05) is 0 Å². The van der Waals surface area contributed by atoms with Crippen LogP contribution in [-0.4, -0.2) is 20.6 Å². The number of amides is 1. The van der Waals surface area contributed by atoms with Crippen molar-refractivity contribution < 1.29 is 18.6 Å². The first-order chi connectivity index (χ1) is 13.6. The molecular formula is C19H14N4O5. The molecule has 0 radical (unpaired) electrons. The zero-order valence-corrected chi connectivity index (χ0v) is 14.4. The maximum Gasteiger partial charge on any atom is 0.271 e. The number of benzene rings is 1. The highest BCUT2D eigenvalue weighted by atomic mass is 16.6. The Kier molecular flexibility index (Phi) is 4.47. The lowest BCUT2D eigenvalue weighted by molar-refractivity contribution is -0.384. The van der Waals surface area contributed by atoms with Crippen molar-refractivity contribution in [3.63, 3.8) is 0 Å². The highest BCUT2D eigenvalue weighted by molar-refractivity contribution is 5.94. The Morgan fingerprint density at radius 1 is 1.11 bits per heavy atom. The summed E-state index contributed by atoms with van der Waals surface area (Å²) in [5.74, 6) is 0.665. The summed E-state index contributed by atoms with van der Waals surface area (Å²) in [6.45, 7) is 0.196. The van der Waals surface area contributed by atoms with Crippen molar-refractivity contribution in [3.05, 3.63) is 88.7 Å². The van der Waals surface area contributed by atoms with Gasteiger partial charge in [-0.25, -0.2) is 4.68 Å². The summed E-state index contributed by atoms with van der Waals surface area (Å²) in [7, 11) is 0. The summed E-state index contributed by atoms with van der Waals surface area (Å²) >= 11 is 0. The molecule has 140 valence electrons. The molecule has 1 N–H and O–H groups in total. The first-order valence-electron chi connectivity index (χ1n) is 8.31. The van der Waals surface area contributed by atoms with Gasteiger partial charge in [-0.05, 0) is 30.3 Å². The normalized spacial score (nSPS) is 10.7. The molecule has 0 atom stereocenters. The molecule has 0 spiro atoms. The lowest BCUT2D eigenvalue weighted by Gasteiger charge is -2.07. The molecule has 0 unspecified atom stereocenters. The molecule has 4 rings (SSSR count). The first kappa shape index (κ1) is 17.3. The fourth-order valence-corrected chi connectivity index (χ4v) is 2.69. The third-order valence-corrected chi connectivity index (χ3v) is 4.00. The average Bonchev–Trinajstić information content (AvgIpc) is 3.47. The number of carbonyl (C=O) groups is 1. The molecule has 1 amide bonds. The molecule has 0 aliphatic carbocycles. The summed E-state index contributed by atoms with van der Waals surface area (Å²) in [4.78, 5) is 23.4. The number of non-ortho nitro benzene ring substituents is 1. The molecule has 3 heterocycles. The summed E-state index contributed by atoms with van der Waals surface area (Å²) < 4.78 is 11.9. The van der Waals surface area contributed by atoms with Crippen LogP contribution < -0.4 is 5.32 Å². The number of nitrogens with one attached hydrogen (secondary N) is 1. The number of nitrogens with zero attached hydrogens (tertiary/aromatic N) is 3. The number of hydrogen-bond acceptors (Lipinski definition) is 6. The van der Waals surface area contributed by atoms with Crippen molar-refractivity contribution in [3.8, 4) is 17.1 Å². The van der Waals surface area contributed by atoms with E-state index >= 15 is 0 Å². The van der Waals surface area contributed by atoms with Gasteiger partial charge in [-0.3, -0.25) is 14.9 Å². The smallest absolute Gasteiger partial charge is 0.271 e. The summed E-state index contributed by atoms with van der Waals surface area (Å²) in [5.41, 5.74) is 0.919. The number of hydrogen-bond donors (Lipinski definition) is 1. The molecule has 9 nitrogen and oxygen atoms in total. The fraction of sp³-hybridized carbons (Fsp3) is 0.0526. The number of nitro benzene ring substituents is 1. The van der Waals surface area contributed by atoms with Gasteiger partial charge in [0.2, 0.25) is 0 Å². The van der Waals surface area contributed by atoms with Crippen LogP contribution in [0.5, 0.6) is 0 Å². The molecule has 0 bridgehead atoms. The second-order valence-corrected chi connectivity index (χ2v) is 5.84. The van der Waals surface area contributed by atoms with Crippen molar-refractivity contribution in [2.45, 2.75) is 6.54 Å². The lowest BCUT2D eigenvalue weighted by Crippen LogP contribution is -2.25. The molecule has 0 aliphatic rings. The van der Waals surface area contributed by atoms with E-state index < -0.39 is 10.8 Å². The Morgan fingerprint density at radius 2 is 1.93 bits per heavy atom. The summed E-state index contributed by atoms with van der Waals surface area (Å²) in [6, 6.07) is 14.3. The first-order valence-corrected chi connectivity index (χ1v) is 8.31. The van der Waals surface area contributed by atoms with Crippen molar-refractivity contribution in [1.29, 1.82) is 0 Å². The zero-order chi connectivity index (χ0) is 19.5. The number of carbonyl (C=O) groups excluding carboxylic acids is 1. The molecule has 0 fully saturated rings. The summed E-state index contributed by atoms with van der Waals surface area (Å²) in [5, 5.41) is 18.3. The van der Waals surface area contributed by atoms with Crippen molar-refractivity contribution in [2.75, 3.05) is 0 Å². The topological polar surface area (TPSA) is 116 Å². The molecule has 0 saturated heterocycles. The van der Waals surface area contributed by atoms with Gasteiger partial charge >= 0.3 is 0 Å². The quantitative estimate of drug-likeness (QED) is 0.405. The van der Waals surface area contributed by atoms with E-state index in [0.717, 1.165) is 0 Å². The van der Waals surface area contributed by atoms with E-state index in [2.05, 4.69) is 10.4 Å². The Labute approximate surface area is 158 Å². The Morgan fingerprint density at radius 3 is 2.64 bits per heavy atom. The van der Waals surface area contributed by atoms with Crippen LogP contribution in [0.3, 0.4) is 0 Å². The Hall–Kier alpha value is -4.14. The monoisotopic (exact) mass is 378 g/mol. The Balaban J connectivity index is 1.72. The molecule has 3 aromatic heterocycles. The van der Waals surface area contributed by atoms with E-state index in [4.69, 9.17) is 8.83 Å².